The Hall–Kier alpha value is -2.37. The number of nitrogens with zero attached hydrogens (tertiary/aromatic N) is 1. The fourth-order valence-corrected chi connectivity index (χ4v) is 3.99. The Morgan fingerprint density at radius 2 is 1.86 bits per heavy atom. The van der Waals surface area contributed by atoms with Crippen LogP contribution in [-0.2, 0) is 29.2 Å². The molecule has 154 valence electrons. The molecule has 2 aliphatic rings. The third kappa shape index (κ3) is 4.46. The summed E-state index contributed by atoms with van der Waals surface area (Å²) in [7, 11) is 0. The SMILES string of the molecule is CC(C)c1ccc(N2CCC(C(=O)NCc3ccc4c(c3)CNC4)C2=O)cc1.Cl. The normalized spacial score (nSPS) is 18.0. The van der Waals surface area contributed by atoms with Crippen molar-refractivity contribution in [2.45, 2.75) is 45.8 Å². The number of carbonyl (C=O) groups is 2. The quantitative estimate of drug-likeness (QED) is 0.737. The first-order valence-electron chi connectivity index (χ1n) is 10.0. The zero-order chi connectivity index (χ0) is 19.7. The second-order valence-corrected chi connectivity index (χ2v) is 8.00. The Morgan fingerprint density at radius 1 is 1.14 bits per heavy atom. The van der Waals surface area contributed by atoms with Crippen molar-refractivity contribution in [1.29, 1.82) is 0 Å². The van der Waals surface area contributed by atoms with Gasteiger partial charge in [-0.25, -0.2) is 0 Å². The Kier molecular flexibility index (Phi) is 6.60. The van der Waals surface area contributed by atoms with E-state index < -0.39 is 5.92 Å². The van der Waals surface area contributed by atoms with E-state index in [1.807, 2.05) is 18.2 Å². The highest BCUT2D eigenvalue weighted by Gasteiger charge is 2.37. The van der Waals surface area contributed by atoms with Gasteiger partial charge >= 0.3 is 0 Å². The lowest BCUT2D eigenvalue weighted by molar-refractivity contribution is -0.132. The van der Waals surface area contributed by atoms with E-state index >= 15 is 0 Å². The topological polar surface area (TPSA) is 61.4 Å². The molecule has 5 nitrogen and oxygen atoms in total. The molecule has 2 heterocycles. The maximum Gasteiger partial charge on any atom is 0.239 e. The third-order valence-electron chi connectivity index (χ3n) is 5.76. The number of nitrogens with one attached hydrogen (secondary N) is 2. The van der Waals surface area contributed by atoms with Gasteiger partial charge in [-0.3, -0.25) is 9.59 Å². The maximum atomic E-state index is 12.8. The maximum absolute atomic E-state index is 12.8. The lowest BCUT2D eigenvalue weighted by Crippen LogP contribution is -2.36. The van der Waals surface area contributed by atoms with Crippen molar-refractivity contribution < 1.29 is 9.59 Å². The Morgan fingerprint density at radius 3 is 2.59 bits per heavy atom. The van der Waals surface area contributed by atoms with Gasteiger partial charge in [-0.15, -0.1) is 12.4 Å². The van der Waals surface area contributed by atoms with Crippen LogP contribution in [0.1, 0.15) is 48.4 Å². The lowest BCUT2D eigenvalue weighted by atomic mass is 10.0. The molecule has 2 aromatic carbocycles. The molecule has 6 heteroatoms. The molecule has 29 heavy (non-hydrogen) atoms. The number of benzene rings is 2. The van der Waals surface area contributed by atoms with Crippen LogP contribution < -0.4 is 15.5 Å². The average Bonchev–Trinajstić information content (AvgIpc) is 3.32. The molecule has 1 saturated heterocycles. The van der Waals surface area contributed by atoms with E-state index in [2.05, 4.69) is 48.7 Å². The highest BCUT2D eigenvalue weighted by atomic mass is 35.5. The third-order valence-corrected chi connectivity index (χ3v) is 5.76. The van der Waals surface area contributed by atoms with E-state index in [-0.39, 0.29) is 24.2 Å². The largest absolute Gasteiger partial charge is 0.351 e. The van der Waals surface area contributed by atoms with Crippen molar-refractivity contribution in [3.8, 4) is 0 Å². The van der Waals surface area contributed by atoms with Gasteiger partial charge in [0.25, 0.3) is 0 Å². The molecule has 0 aromatic heterocycles. The summed E-state index contributed by atoms with van der Waals surface area (Å²) in [5, 5.41) is 6.27. The number of hydrogen-bond acceptors (Lipinski definition) is 3. The van der Waals surface area contributed by atoms with Gasteiger partial charge in [0, 0.05) is 31.9 Å². The number of carbonyl (C=O) groups excluding carboxylic acids is 2. The number of hydrogen-bond donors (Lipinski definition) is 2. The number of amides is 2. The van der Waals surface area contributed by atoms with Gasteiger partial charge in [0.1, 0.15) is 5.92 Å². The Bertz CT molecular complexity index is 895. The molecule has 0 bridgehead atoms. The molecule has 2 aliphatic heterocycles. The van der Waals surface area contributed by atoms with E-state index in [4.69, 9.17) is 0 Å². The van der Waals surface area contributed by atoms with E-state index in [1.54, 1.807) is 4.90 Å². The summed E-state index contributed by atoms with van der Waals surface area (Å²) in [5.74, 6) is -0.421. The van der Waals surface area contributed by atoms with Crippen LogP contribution in [0.15, 0.2) is 42.5 Å². The van der Waals surface area contributed by atoms with Gasteiger partial charge in [-0.1, -0.05) is 44.2 Å². The molecule has 0 saturated carbocycles. The molecule has 1 atom stereocenters. The fourth-order valence-electron chi connectivity index (χ4n) is 3.99. The van der Waals surface area contributed by atoms with Crippen LogP contribution in [-0.4, -0.2) is 18.4 Å². The second-order valence-electron chi connectivity index (χ2n) is 8.00. The smallest absolute Gasteiger partial charge is 0.239 e. The minimum atomic E-state index is -0.596. The molecular formula is C23H28ClN3O2. The van der Waals surface area contributed by atoms with Crippen molar-refractivity contribution >= 4 is 29.9 Å². The molecule has 1 unspecified atom stereocenters. The van der Waals surface area contributed by atoms with Gasteiger partial charge in [0.05, 0.1) is 0 Å². The van der Waals surface area contributed by atoms with Crippen LogP contribution in [0.2, 0.25) is 0 Å². The fraction of sp³-hybridized carbons (Fsp3) is 0.391. The predicted octanol–water partition coefficient (Wildman–Crippen LogP) is 3.50. The van der Waals surface area contributed by atoms with Crippen molar-refractivity contribution in [2.75, 3.05) is 11.4 Å². The van der Waals surface area contributed by atoms with Crippen molar-refractivity contribution in [2.24, 2.45) is 5.92 Å². The standard InChI is InChI=1S/C23H27N3O2.ClH/c1-15(2)17-5-7-20(8-6-17)26-10-9-21(23(26)28)22(27)25-12-16-3-4-18-13-24-14-19(18)11-16;/h3-8,11,15,21,24H,9-10,12-14H2,1-2H3,(H,25,27);1H. The van der Waals surface area contributed by atoms with Crippen molar-refractivity contribution in [1.82, 2.24) is 10.6 Å². The van der Waals surface area contributed by atoms with E-state index in [0.717, 1.165) is 24.3 Å². The van der Waals surface area contributed by atoms with Gasteiger partial charge in [-0.2, -0.15) is 0 Å². The highest BCUT2D eigenvalue weighted by Crippen LogP contribution is 2.27. The van der Waals surface area contributed by atoms with Gasteiger partial charge in [0.2, 0.25) is 11.8 Å². The average molecular weight is 414 g/mol. The first-order chi connectivity index (χ1) is 13.5. The number of halogens is 1. The molecule has 2 amide bonds. The molecule has 0 aliphatic carbocycles. The van der Waals surface area contributed by atoms with Gasteiger partial charge in [0.15, 0.2) is 0 Å². The van der Waals surface area contributed by atoms with Crippen molar-refractivity contribution in [3.63, 3.8) is 0 Å². The molecule has 2 N–H and O–H groups in total. The molecule has 0 radical (unpaired) electrons. The van der Waals surface area contributed by atoms with Crippen LogP contribution in [0.4, 0.5) is 5.69 Å². The Labute approximate surface area is 178 Å². The van der Waals surface area contributed by atoms with E-state index in [1.165, 1.54) is 16.7 Å². The summed E-state index contributed by atoms with van der Waals surface area (Å²) < 4.78 is 0. The zero-order valence-electron chi connectivity index (χ0n) is 16.9. The monoisotopic (exact) mass is 413 g/mol. The summed E-state index contributed by atoms with van der Waals surface area (Å²) in [6, 6.07) is 14.4. The zero-order valence-corrected chi connectivity index (χ0v) is 17.7. The summed E-state index contributed by atoms with van der Waals surface area (Å²) >= 11 is 0. The first-order valence-corrected chi connectivity index (χ1v) is 10.0. The predicted molar refractivity (Wildman–Crippen MR) is 117 cm³/mol. The molecule has 4 rings (SSSR count). The van der Waals surface area contributed by atoms with E-state index in [0.29, 0.717) is 25.4 Å². The lowest BCUT2D eigenvalue weighted by Gasteiger charge is -2.18. The van der Waals surface area contributed by atoms with Crippen molar-refractivity contribution in [3.05, 3.63) is 64.7 Å². The summed E-state index contributed by atoms with van der Waals surface area (Å²) in [6.07, 6.45) is 0.560. The Balaban J connectivity index is 0.00000240. The first kappa shape index (κ1) is 21.3. The van der Waals surface area contributed by atoms with Gasteiger partial charge < -0.3 is 15.5 Å². The second kappa shape index (κ2) is 8.97. The van der Waals surface area contributed by atoms with Crippen LogP contribution >= 0.6 is 12.4 Å². The summed E-state index contributed by atoms with van der Waals surface area (Å²) in [5.41, 5.74) is 5.80. The van der Waals surface area contributed by atoms with E-state index in [9.17, 15) is 9.59 Å². The number of fused-ring (bicyclic) bond motifs is 1. The summed E-state index contributed by atoms with van der Waals surface area (Å²) in [4.78, 5) is 27.1. The molecular weight excluding hydrogens is 386 g/mol. The number of anilines is 1. The van der Waals surface area contributed by atoms with Crippen LogP contribution in [0.5, 0.6) is 0 Å². The minimum Gasteiger partial charge on any atom is -0.351 e. The summed E-state index contributed by atoms with van der Waals surface area (Å²) in [6.45, 7) is 7.12. The van der Waals surface area contributed by atoms with Crippen LogP contribution in [0, 0.1) is 5.92 Å². The molecule has 0 spiro atoms. The van der Waals surface area contributed by atoms with Crippen LogP contribution in [0.3, 0.4) is 0 Å². The minimum absolute atomic E-state index is 0. The number of rotatable bonds is 5. The molecule has 1 fully saturated rings. The van der Waals surface area contributed by atoms with Crippen LogP contribution in [0.25, 0.3) is 0 Å². The highest BCUT2D eigenvalue weighted by molar-refractivity contribution is 6.09. The molecule has 2 aromatic rings. The van der Waals surface area contributed by atoms with Gasteiger partial charge in [-0.05, 0) is 46.7 Å².